The van der Waals surface area contributed by atoms with Gasteiger partial charge >= 0.3 is 0 Å². The van der Waals surface area contributed by atoms with Crippen LogP contribution < -0.4 is 10.2 Å². The van der Waals surface area contributed by atoms with Gasteiger partial charge in [0.1, 0.15) is 0 Å². The number of nitrogens with zero attached hydrogens (tertiary/aromatic N) is 1. The number of hydrogen-bond donors (Lipinski definition) is 1. The Kier molecular flexibility index (Phi) is 4.80. The molecule has 0 unspecified atom stereocenters. The maximum Gasteiger partial charge on any atom is 0.0602 e. The lowest BCUT2D eigenvalue weighted by Gasteiger charge is -2.31. The smallest absolute Gasteiger partial charge is 0.0602 e. The second-order valence-corrected chi connectivity index (χ2v) is 6.00. The molecule has 0 bridgehead atoms. The number of piperidine rings is 1. The third-order valence-corrected chi connectivity index (χ3v) is 4.52. The molecule has 20 heavy (non-hydrogen) atoms. The van der Waals surface area contributed by atoms with Crippen molar-refractivity contribution in [3.05, 3.63) is 24.3 Å². The van der Waals surface area contributed by atoms with Crippen molar-refractivity contribution >= 4 is 11.4 Å². The number of ether oxygens (including phenoxy) is 1. The molecule has 0 spiro atoms. The molecule has 1 aromatic rings. The third kappa shape index (κ3) is 3.45. The van der Waals surface area contributed by atoms with Crippen molar-refractivity contribution in [2.75, 3.05) is 43.1 Å². The van der Waals surface area contributed by atoms with Gasteiger partial charge in [-0.25, -0.2) is 0 Å². The van der Waals surface area contributed by atoms with Gasteiger partial charge in [-0.3, -0.25) is 0 Å². The highest BCUT2D eigenvalue weighted by molar-refractivity contribution is 5.70. The summed E-state index contributed by atoms with van der Waals surface area (Å²) in [4.78, 5) is 2.54. The van der Waals surface area contributed by atoms with E-state index in [2.05, 4.69) is 34.5 Å². The van der Waals surface area contributed by atoms with Crippen LogP contribution >= 0.6 is 0 Å². The van der Waals surface area contributed by atoms with E-state index < -0.39 is 0 Å². The van der Waals surface area contributed by atoms with Gasteiger partial charge in [0.25, 0.3) is 0 Å². The molecule has 3 nitrogen and oxygen atoms in total. The van der Waals surface area contributed by atoms with Crippen LogP contribution in [0, 0.1) is 5.92 Å². The molecule has 0 saturated carbocycles. The zero-order valence-electron chi connectivity index (χ0n) is 12.3. The number of benzene rings is 1. The Balaban J connectivity index is 1.62. The molecule has 3 rings (SSSR count). The van der Waals surface area contributed by atoms with Crippen molar-refractivity contribution in [1.82, 2.24) is 0 Å². The van der Waals surface area contributed by atoms with Crippen LogP contribution in [0.25, 0.3) is 0 Å². The van der Waals surface area contributed by atoms with Crippen molar-refractivity contribution in [1.29, 1.82) is 0 Å². The van der Waals surface area contributed by atoms with E-state index in [1.165, 1.54) is 56.6 Å². The minimum absolute atomic E-state index is 0.762. The van der Waals surface area contributed by atoms with Gasteiger partial charge in [-0.15, -0.1) is 0 Å². The standard InChI is InChI=1S/C17H26N2O/c1-4-10-19(11-5-1)17-7-3-2-6-16(17)18-14-15-8-12-20-13-9-15/h2-3,6-7,15,18H,1,4-5,8-14H2. The summed E-state index contributed by atoms with van der Waals surface area (Å²) >= 11 is 0. The van der Waals surface area contributed by atoms with E-state index in [0.717, 1.165) is 25.7 Å². The first-order valence-corrected chi connectivity index (χ1v) is 8.09. The molecule has 1 aromatic carbocycles. The molecule has 2 saturated heterocycles. The lowest BCUT2D eigenvalue weighted by atomic mass is 10.0. The van der Waals surface area contributed by atoms with Gasteiger partial charge in [0.15, 0.2) is 0 Å². The SMILES string of the molecule is c1ccc(N2CCCCC2)c(NCC2CCOCC2)c1. The van der Waals surface area contributed by atoms with Crippen LogP contribution in [-0.4, -0.2) is 32.8 Å². The van der Waals surface area contributed by atoms with E-state index in [9.17, 15) is 0 Å². The van der Waals surface area contributed by atoms with E-state index in [4.69, 9.17) is 4.74 Å². The minimum Gasteiger partial charge on any atom is -0.383 e. The molecule has 2 heterocycles. The number of nitrogens with one attached hydrogen (secondary N) is 1. The highest BCUT2D eigenvalue weighted by Gasteiger charge is 2.16. The summed E-state index contributed by atoms with van der Waals surface area (Å²) in [6.45, 7) is 5.35. The van der Waals surface area contributed by atoms with Gasteiger partial charge in [-0.2, -0.15) is 0 Å². The fourth-order valence-corrected chi connectivity index (χ4v) is 3.24. The predicted molar refractivity (Wildman–Crippen MR) is 84.5 cm³/mol. The second kappa shape index (κ2) is 6.98. The first kappa shape index (κ1) is 13.7. The predicted octanol–water partition coefficient (Wildman–Crippen LogP) is 3.52. The second-order valence-electron chi connectivity index (χ2n) is 6.00. The molecular weight excluding hydrogens is 248 g/mol. The summed E-state index contributed by atoms with van der Waals surface area (Å²) < 4.78 is 5.43. The van der Waals surface area contributed by atoms with E-state index >= 15 is 0 Å². The molecule has 0 amide bonds. The first-order chi connectivity index (χ1) is 9.93. The molecule has 0 atom stereocenters. The molecule has 3 heteroatoms. The van der Waals surface area contributed by atoms with Crippen LogP contribution in [0.3, 0.4) is 0 Å². The van der Waals surface area contributed by atoms with Crippen molar-refractivity contribution in [3.63, 3.8) is 0 Å². The molecule has 0 aliphatic carbocycles. The molecule has 1 N–H and O–H groups in total. The summed E-state index contributed by atoms with van der Waals surface area (Å²) in [6.07, 6.45) is 6.43. The van der Waals surface area contributed by atoms with Crippen LogP contribution in [0.4, 0.5) is 11.4 Å². The van der Waals surface area contributed by atoms with Crippen LogP contribution in [0.2, 0.25) is 0 Å². The quantitative estimate of drug-likeness (QED) is 0.909. The zero-order chi connectivity index (χ0) is 13.6. The Labute approximate surface area is 122 Å². The van der Waals surface area contributed by atoms with E-state index in [-0.39, 0.29) is 0 Å². The van der Waals surface area contributed by atoms with Gasteiger partial charge < -0.3 is 15.0 Å². The molecule has 2 aliphatic heterocycles. The number of para-hydroxylation sites is 2. The molecule has 0 radical (unpaired) electrons. The Morgan fingerprint density at radius 3 is 2.60 bits per heavy atom. The zero-order valence-corrected chi connectivity index (χ0v) is 12.3. The summed E-state index contributed by atoms with van der Waals surface area (Å²) in [5, 5.41) is 3.68. The Hall–Kier alpha value is -1.22. The average Bonchev–Trinajstić information content (AvgIpc) is 2.55. The topological polar surface area (TPSA) is 24.5 Å². The number of hydrogen-bond acceptors (Lipinski definition) is 3. The maximum absolute atomic E-state index is 5.43. The number of rotatable bonds is 4. The number of anilines is 2. The average molecular weight is 274 g/mol. The van der Waals surface area contributed by atoms with Crippen molar-refractivity contribution in [3.8, 4) is 0 Å². The Morgan fingerprint density at radius 2 is 1.80 bits per heavy atom. The van der Waals surface area contributed by atoms with Gasteiger partial charge in [-0.05, 0) is 50.2 Å². The Bertz CT molecular complexity index is 409. The summed E-state index contributed by atoms with van der Waals surface area (Å²) in [6, 6.07) is 8.78. The maximum atomic E-state index is 5.43. The van der Waals surface area contributed by atoms with Crippen LogP contribution in [0.15, 0.2) is 24.3 Å². The highest BCUT2D eigenvalue weighted by Crippen LogP contribution is 2.28. The Morgan fingerprint density at radius 1 is 1.05 bits per heavy atom. The monoisotopic (exact) mass is 274 g/mol. The molecular formula is C17H26N2O. The normalized spacial score (nSPS) is 20.9. The lowest BCUT2D eigenvalue weighted by molar-refractivity contribution is 0.0699. The van der Waals surface area contributed by atoms with Crippen molar-refractivity contribution < 1.29 is 4.74 Å². The van der Waals surface area contributed by atoms with Crippen LogP contribution in [0.1, 0.15) is 32.1 Å². The third-order valence-electron chi connectivity index (χ3n) is 4.52. The lowest BCUT2D eigenvalue weighted by Crippen LogP contribution is -2.30. The summed E-state index contributed by atoms with van der Waals surface area (Å²) in [7, 11) is 0. The van der Waals surface area contributed by atoms with E-state index in [1.807, 2.05) is 0 Å². The van der Waals surface area contributed by atoms with Gasteiger partial charge in [0.05, 0.1) is 11.4 Å². The molecule has 110 valence electrons. The van der Waals surface area contributed by atoms with Gasteiger partial charge in [0, 0.05) is 32.8 Å². The highest BCUT2D eigenvalue weighted by atomic mass is 16.5. The fraction of sp³-hybridized carbons (Fsp3) is 0.647. The molecule has 0 aromatic heterocycles. The van der Waals surface area contributed by atoms with Crippen LogP contribution in [0.5, 0.6) is 0 Å². The first-order valence-electron chi connectivity index (χ1n) is 8.09. The van der Waals surface area contributed by atoms with Gasteiger partial charge in [-0.1, -0.05) is 12.1 Å². The molecule has 2 fully saturated rings. The molecule has 2 aliphatic rings. The van der Waals surface area contributed by atoms with E-state index in [1.54, 1.807) is 0 Å². The van der Waals surface area contributed by atoms with Crippen molar-refractivity contribution in [2.24, 2.45) is 5.92 Å². The largest absolute Gasteiger partial charge is 0.383 e. The van der Waals surface area contributed by atoms with Gasteiger partial charge in [0.2, 0.25) is 0 Å². The summed E-state index contributed by atoms with van der Waals surface area (Å²) in [5.74, 6) is 0.762. The minimum atomic E-state index is 0.762. The fourth-order valence-electron chi connectivity index (χ4n) is 3.24. The van der Waals surface area contributed by atoms with E-state index in [0.29, 0.717) is 0 Å². The van der Waals surface area contributed by atoms with Crippen molar-refractivity contribution in [2.45, 2.75) is 32.1 Å². The van der Waals surface area contributed by atoms with Crippen LogP contribution in [-0.2, 0) is 4.74 Å². The summed E-state index contributed by atoms with van der Waals surface area (Å²) in [5.41, 5.74) is 2.69.